The Morgan fingerprint density at radius 2 is 2.33 bits per heavy atom. The molecule has 0 aliphatic heterocycles. The summed E-state index contributed by atoms with van der Waals surface area (Å²) < 4.78 is 0. The van der Waals surface area contributed by atoms with Crippen molar-refractivity contribution < 1.29 is 4.92 Å². The topological polar surface area (TPSA) is 97.6 Å². The Morgan fingerprint density at radius 1 is 1.67 bits per heavy atom. The van der Waals surface area contributed by atoms with E-state index in [0.717, 1.165) is 0 Å². The van der Waals surface area contributed by atoms with E-state index in [1.54, 1.807) is 0 Å². The molecule has 1 heterocycles. The van der Waals surface area contributed by atoms with Gasteiger partial charge in [0.15, 0.2) is 0 Å². The monoisotopic (exact) mass is 325 g/mol. The van der Waals surface area contributed by atoms with Crippen LogP contribution >= 0.6 is 0 Å². The van der Waals surface area contributed by atoms with E-state index in [-0.39, 0.29) is 27.3 Å². The summed E-state index contributed by atoms with van der Waals surface area (Å²) in [6, 6.07) is 0. The number of aromatic amines is 1. The van der Waals surface area contributed by atoms with Crippen molar-refractivity contribution in [1.29, 1.82) is 0 Å². The van der Waals surface area contributed by atoms with E-state index >= 15 is 0 Å². The molecular formula is CH3N5O2Pb. The summed E-state index contributed by atoms with van der Waals surface area (Å²) in [6.07, 6.45) is 0. The van der Waals surface area contributed by atoms with Crippen LogP contribution in [0.1, 0.15) is 0 Å². The van der Waals surface area contributed by atoms with Crippen molar-refractivity contribution in [2.24, 2.45) is 0 Å². The number of nitro groups is 1. The Morgan fingerprint density at radius 3 is 2.56 bits per heavy atom. The number of nitrogens with zero attached hydrogens (tertiary/aromatic N) is 4. The molecule has 0 amide bonds. The van der Waals surface area contributed by atoms with Crippen LogP contribution in [0.3, 0.4) is 0 Å². The molecule has 0 aliphatic carbocycles. The molecule has 0 saturated carbocycles. The van der Waals surface area contributed by atoms with Gasteiger partial charge in [0.05, 0.1) is 10.3 Å². The minimum atomic E-state index is -0.708. The third kappa shape index (κ3) is 1.99. The second kappa shape index (κ2) is 3.42. The van der Waals surface area contributed by atoms with Crippen LogP contribution < -0.4 is 0 Å². The first-order chi connectivity index (χ1) is 3.80. The maximum absolute atomic E-state index is 9.69. The van der Waals surface area contributed by atoms with Crippen molar-refractivity contribution in [3.05, 3.63) is 10.1 Å². The van der Waals surface area contributed by atoms with Crippen molar-refractivity contribution in [2.75, 3.05) is 0 Å². The Hall–Kier alpha value is -0.608. The van der Waals surface area contributed by atoms with Crippen molar-refractivity contribution in [3.8, 4) is 0 Å². The molecule has 0 fully saturated rings. The summed E-state index contributed by atoms with van der Waals surface area (Å²) in [5.74, 6) is -0.440. The molecule has 1 aromatic heterocycles. The van der Waals surface area contributed by atoms with Gasteiger partial charge in [-0.3, -0.25) is 0 Å². The Balaban J connectivity index is 0.000000640. The minimum absolute atomic E-state index is 0. The molecule has 0 unspecified atom stereocenters. The predicted octanol–water partition coefficient (Wildman–Crippen LogP) is -1.81. The molecule has 1 N–H and O–H groups in total. The average Bonchev–Trinajstić information content (AvgIpc) is 2.12. The van der Waals surface area contributed by atoms with Crippen LogP contribution in [-0.4, -0.2) is 52.8 Å². The zero-order valence-corrected chi connectivity index (χ0v) is 9.81. The van der Waals surface area contributed by atoms with E-state index in [0.29, 0.717) is 0 Å². The van der Waals surface area contributed by atoms with Crippen LogP contribution in [0.15, 0.2) is 0 Å². The SMILES string of the molecule is O=[N+]([O-])c1nnn[nH]1.[PbH2]. The second-order valence-electron chi connectivity index (χ2n) is 0.982. The summed E-state index contributed by atoms with van der Waals surface area (Å²) in [6.45, 7) is 0. The van der Waals surface area contributed by atoms with Crippen LogP contribution in [0, 0.1) is 10.1 Å². The van der Waals surface area contributed by atoms with Crippen LogP contribution in [0.25, 0.3) is 0 Å². The van der Waals surface area contributed by atoms with Gasteiger partial charge in [-0.1, -0.05) is 0 Å². The van der Waals surface area contributed by atoms with Gasteiger partial charge in [0.25, 0.3) is 0 Å². The number of hydrogen-bond acceptors (Lipinski definition) is 5. The van der Waals surface area contributed by atoms with Crippen LogP contribution in [0.5, 0.6) is 0 Å². The van der Waals surface area contributed by atoms with Gasteiger partial charge in [-0.25, -0.2) is 0 Å². The number of H-pyrrole nitrogens is 1. The first kappa shape index (κ1) is 8.39. The van der Waals surface area contributed by atoms with Gasteiger partial charge < -0.3 is 10.1 Å². The van der Waals surface area contributed by atoms with E-state index < -0.39 is 10.9 Å². The van der Waals surface area contributed by atoms with E-state index in [1.165, 1.54) is 0 Å². The fourth-order valence-electron chi connectivity index (χ4n) is 0.232. The Bertz CT molecular complexity index is 183. The molecule has 0 saturated heterocycles. The van der Waals surface area contributed by atoms with Crippen molar-refractivity contribution in [2.45, 2.75) is 0 Å². The van der Waals surface area contributed by atoms with Gasteiger partial charge in [-0.05, 0) is 4.92 Å². The zero-order chi connectivity index (χ0) is 5.98. The van der Waals surface area contributed by atoms with Gasteiger partial charge in [-0.15, -0.1) is 5.10 Å². The molecule has 2 radical (unpaired) electrons. The van der Waals surface area contributed by atoms with E-state index in [4.69, 9.17) is 0 Å². The summed E-state index contributed by atoms with van der Waals surface area (Å²) >= 11 is 0. The van der Waals surface area contributed by atoms with E-state index in [2.05, 4.69) is 15.5 Å². The van der Waals surface area contributed by atoms with Crippen molar-refractivity contribution >= 4 is 33.2 Å². The number of rotatable bonds is 1. The Kier molecular flexibility index (Phi) is 3.19. The summed E-state index contributed by atoms with van der Waals surface area (Å²) in [5.41, 5.74) is 0. The molecule has 8 heteroatoms. The second-order valence-corrected chi connectivity index (χ2v) is 0.982. The molecule has 9 heavy (non-hydrogen) atoms. The molecule has 1 aromatic rings. The number of aromatic nitrogens is 4. The van der Waals surface area contributed by atoms with Crippen LogP contribution in [-0.2, 0) is 0 Å². The van der Waals surface area contributed by atoms with Gasteiger partial charge in [0, 0.05) is 5.21 Å². The van der Waals surface area contributed by atoms with Gasteiger partial charge in [0.2, 0.25) is 0 Å². The average molecular weight is 324 g/mol. The number of tetrazole rings is 1. The van der Waals surface area contributed by atoms with Gasteiger partial charge >= 0.3 is 33.2 Å². The van der Waals surface area contributed by atoms with Crippen LogP contribution in [0.4, 0.5) is 5.95 Å². The summed E-state index contributed by atoms with van der Waals surface area (Å²) in [5, 5.41) is 20.6. The number of hydrogen-bond donors (Lipinski definition) is 1. The summed E-state index contributed by atoms with van der Waals surface area (Å²) in [4.78, 5) is 8.99. The normalized spacial score (nSPS) is 8.00. The third-order valence-corrected chi connectivity index (χ3v) is 0.507. The first-order valence-electron chi connectivity index (χ1n) is 1.69. The molecule has 0 spiro atoms. The van der Waals surface area contributed by atoms with E-state index in [9.17, 15) is 10.1 Å². The van der Waals surface area contributed by atoms with E-state index in [1.807, 2.05) is 5.10 Å². The molecule has 0 atom stereocenters. The molecule has 7 nitrogen and oxygen atoms in total. The zero-order valence-electron chi connectivity index (χ0n) is 4.31. The molecule has 0 aromatic carbocycles. The van der Waals surface area contributed by atoms with Crippen LogP contribution in [0.2, 0.25) is 0 Å². The Labute approximate surface area is 69.1 Å². The third-order valence-electron chi connectivity index (χ3n) is 0.507. The van der Waals surface area contributed by atoms with Crippen molar-refractivity contribution in [1.82, 2.24) is 20.6 Å². The maximum atomic E-state index is 9.69. The number of nitrogens with one attached hydrogen (secondary N) is 1. The van der Waals surface area contributed by atoms with Gasteiger partial charge in [0.1, 0.15) is 0 Å². The summed E-state index contributed by atoms with van der Waals surface area (Å²) in [7, 11) is 0. The molecule has 1 rings (SSSR count). The fourth-order valence-corrected chi connectivity index (χ4v) is 0.232. The molecular weight excluding hydrogens is 321 g/mol. The molecule has 48 valence electrons. The first-order valence-corrected chi connectivity index (χ1v) is 1.69. The fraction of sp³-hybridized carbons (Fsp3) is 0. The van der Waals surface area contributed by atoms with Gasteiger partial charge in [-0.2, -0.15) is 0 Å². The molecule has 0 bridgehead atoms. The quantitative estimate of drug-likeness (QED) is 0.373. The van der Waals surface area contributed by atoms with Crippen molar-refractivity contribution in [3.63, 3.8) is 0 Å². The predicted molar refractivity (Wildman–Crippen MR) is 29.4 cm³/mol. The standard InChI is InChI=1S/CHN5O2.Pb.2H/c7-6(8)1-2-4-5-3-1;;;/h(H,2,3,4,5);;;. The molecule has 0 aliphatic rings.